The Labute approximate surface area is 140 Å². The molecule has 24 heavy (non-hydrogen) atoms. The third-order valence-electron chi connectivity index (χ3n) is 4.30. The molecule has 124 valence electrons. The molecular weight excluding hydrogens is 306 g/mol. The molecule has 1 atom stereocenters. The molecule has 2 aromatic rings. The van der Waals surface area contributed by atoms with E-state index in [4.69, 9.17) is 9.47 Å². The molecule has 1 fully saturated rings. The second-order valence-electron chi connectivity index (χ2n) is 5.73. The Bertz CT molecular complexity index is 767. The van der Waals surface area contributed by atoms with Gasteiger partial charge in [0.1, 0.15) is 5.75 Å². The van der Waals surface area contributed by atoms with E-state index in [0.29, 0.717) is 24.3 Å². The van der Waals surface area contributed by atoms with Gasteiger partial charge in [-0.05, 0) is 34.9 Å². The minimum Gasteiger partial charge on any atom is -0.497 e. The molecule has 0 saturated carbocycles. The van der Waals surface area contributed by atoms with Crippen molar-refractivity contribution in [1.82, 2.24) is 5.32 Å². The maximum Gasteiger partial charge on any atom is 0.338 e. The first-order valence-corrected chi connectivity index (χ1v) is 7.75. The summed E-state index contributed by atoms with van der Waals surface area (Å²) in [5.74, 6) is 0.500. The van der Waals surface area contributed by atoms with Crippen molar-refractivity contribution in [2.45, 2.75) is 12.3 Å². The van der Waals surface area contributed by atoms with E-state index in [2.05, 4.69) is 5.32 Å². The summed E-state index contributed by atoms with van der Waals surface area (Å²) in [7, 11) is 2.92. The van der Waals surface area contributed by atoms with Gasteiger partial charge >= 0.3 is 5.97 Å². The molecule has 0 bridgehead atoms. The largest absolute Gasteiger partial charge is 0.497 e. The zero-order chi connectivity index (χ0) is 17.1. The van der Waals surface area contributed by atoms with Gasteiger partial charge < -0.3 is 14.8 Å². The van der Waals surface area contributed by atoms with E-state index in [9.17, 15) is 9.59 Å². The van der Waals surface area contributed by atoms with Gasteiger partial charge in [0.15, 0.2) is 0 Å². The second-order valence-corrected chi connectivity index (χ2v) is 5.73. The van der Waals surface area contributed by atoms with Crippen LogP contribution in [0.15, 0.2) is 42.5 Å². The summed E-state index contributed by atoms with van der Waals surface area (Å²) in [6.45, 7) is 0.675. The third-order valence-corrected chi connectivity index (χ3v) is 4.30. The van der Waals surface area contributed by atoms with Crippen molar-refractivity contribution in [2.24, 2.45) is 0 Å². The molecule has 1 heterocycles. The number of carbonyl (C=O) groups excluding carboxylic acids is 2. The van der Waals surface area contributed by atoms with Crippen molar-refractivity contribution in [3.05, 3.63) is 53.6 Å². The summed E-state index contributed by atoms with van der Waals surface area (Å²) in [5.41, 5.74) is 3.28. The molecule has 1 aliphatic heterocycles. The molecule has 0 aromatic heterocycles. The number of ether oxygens (including phenoxy) is 2. The molecular formula is C19H19NO4. The fourth-order valence-electron chi connectivity index (χ4n) is 2.96. The topological polar surface area (TPSA) is 64.6 Å². The van der Waals surface area contributed by atoms with Gasteiger partial charge in [-0.2, -0.15) is 0 Å². The normalized spacial score (nSPS) is 16.6. The predicted molar refractivity (Wildman–Crippen MR) is 90.1 cm³/mol. The van der Waals surface area contributed by atoms with Crippen molar-refractivity contribution >= 4 is 11.9 Å². The van der Waals surface area contributed by atoms with Crippen LogP contribution in [-0.4, -0.2) is 32.6 Å². The highest BCUT2D eigenvalue weighted by atomic mass is 16.5. The Morgan fingerprint density at radius 1 is 1.12 bits per heavy atom. The molecule has 5 nitrogen and oxygen atoms in total. The maximum atomic E-state index is 12.1. The molecule has 1 aliphatic rings. The molecule has 1 unspecified atom stereocenters. The Morgan fingerprint density at radius 2 is 1.88 bits per heavy atom. The number of amides is 1. The van der Waals surface area contributed by atoms with Gasteiger partial charge in [-0.15, -0.1) is 0 Å². The SMILES string of the molecule is COC(=O)c1cc(OC)ccc1-c1ccc(C2CNC(=O)C2)cc1. The second kappa shape index (κ2) is 6.74. The zero-order valence-electron chi connectivity index (χ0n) is 13.7. The smallest absolute Gasteiger partial charge is 0.338 e. The van der Waals surface area contributed by atoms with Crippen molar-refractivity contribution < 1.29 is 19.1 Å². The quantitative estimate of drug-likeness (QED) is 0.878. The first-order chi connectivity index (χ1) is 11.6. The number of rotatable bonds is 4. The lowest BCUT2D eigenvalue weighted by atomic mass is 9.94. The van der Waals surface area contributed by atoms with E-state index in [1.54, 1.807) is 13.2 Å². The highest BCUT2D eigenvalue weighted by Crippen LogP contribution is 2.30. The summed E-state index contributed by atoms with van der Waals surface area (Å²) in [4.78, 5) is 23.4. The van der Waals surface area contributed by atoms with E-state index >= 15 is 0 Å². The first kappa shape index (κ1) is 16.1. The van der Waals surface area contributed by atoms with Gasteiger partial charge in [0.25, 0.3) is 0 Å². The standard InChI is InChI=1S/C19H19NO4/c1-23-15-7-8-16(17(10-15)19(22)24-2)13-5-3-12(4-6-13)14-9-18(21)20-11-14/h3-8,10,14H,9,11H2,1-2H3,(H,20,21). The van der Waals surface area contributed by atoms with E-state index < -0.39 is 5.97 Å². The summed E-state index contributed by atoms with van der Waals surface area (Å²) < 4.78 is 10.1. The number of methoxy groups -OCH3 is 2. The van der Waals surface area contributed by atoms with Crippen LogP contribution < -0.4 is 10.1 Å². The first-order valence-electron chi connectivity index (χ1n) is 7.75. The Kier molecular flexibility index (Phi) is 4.51. The van der Waals surface area contributed by atoms with Gasteiger partial charge in [0, 0.05) is 18.9 Å². The number of hydrogen-bond donors (Lipinski definition) is 1. The van der Waals surface area contributed by atoms with Crippen molar-refractivity contribution in [3.8, 4) is 16.9 Å². The summed E-state index contributed by atoms with van der Waals surface area (Å²) >= 11 is 0. The van der Waals surface area contributed by atoms with Crippen LogP contribution in [0.1, 0.15) is 28.3 Å². The minimum absolute atomic E-state index is 0.0900. The number of nitrogens with one attached hydrogen (secondary N) is 1. The lowest BCUT2D eigenvalue weighted by Gasteiger charge is -2.12. The van der Waals surface area contributed by atoms with Gasteiger partial charge in [-0.25, -0.2) is 4.79 Å². The van der Waals surface area contributed by atoms with Crippen molar-refractivity contribution in [1.29, 1.82) is 0 Å². The third kappa shape index (κ3) is 3.11. The van der Waals surface area contributed by atoms with Crippen molar-refractivity contribution in [2.75, 3.05) is 20.8 Å². The van der Waals surface area contributed by atoms with Crippen LogP contribution in [0.4, 0.5) is 0 Å². The Morgan fingerprint density at radius 3 is 2.46 bits per heavy atom. The van der Waals surface area contributed by atoms with Gasteiger partial charge in [-0.1, -0.05) is 24.3 Å². The van der Waals surface area contributed by atoms with Crippen LogP contribution in [0.3, 0.4) is 0 Å². The van der Waals surface area contributed by atoms with Crippen LogP contribution in [0.2, 0.25) is 0 Å². The Balaban J connectivity index is 1.94. The van der Waals surface area contributed by atoms with Crippen LogP contribution in [0, 0.1) is 0 Å². The molecule has 0 aliphatic carbocycles. The molecule has 1 saturated heterocycles. The van der Waals surface area contributed by atoms with E-state index in [-0.39, 0.29) is 11.8 Å². The fourth-order valence-corrected chi connectivity index (χ4v) is 2.96. The molecule has 0 radical (unpaired) electrons. The molecule has 5 heteroatoms. The molecule has 1 amide bonds. The summed E-state index contributed by atoms with van der Waals surface area (Å²) in [6.07, 6.45) is 0.523. The molecule has 2 aromatic carbocycles. The molecule has 0 spiro atoms. The minimum atomic E-state index is -0.404. The summed E-state index contributed by atoms with van der Waals surface area (Å²) in [6, 6.07) is 13.3. The lowest BCUT2D eigenvalue weighted by Crippen LogP contribution is -2.13. The summed E-state index contributed by atoms with van der Waals surface area (Å²) in [5, 5.41) is 2.84. The Hall–Kier alpha value is -2.82. The monoisotopic (exact) mass is 325 g/mol. The van der Waals surface area contributed by atoms with Crippen LogP contribution in [0.25, 0.3) is 11.1 Å². The van der Waals surface area contributed by atoms with E-state index in [1.807, 2.05) is 36.4 Å². The fraction of sp³-hybridized carbons (Fsp3) is 0.263. The van der Waals surface area contributed by atoms with Crippen LogP contribution in [0.5, 0.6) is 5.75 Å². The molecule has 3 rings (SSSR count). The van der Waals surface area contributed by atoms with E-state index in [1.165, 1.54) is 7.11 Å². The average molecular weight is 325 g/mol. The predicted octanol–water partition coefficient (Wildman–Crippen LogP) is 2.75. The van der Waals surface area contributed by atoms with Gasteiger partial charge in [0.05, 0.1) is 19.8 Å². The number of carbonyl (C=O) groups is 2. The number of hydrogen-bond acceptors (Lipinski definition) is 4. The van der Waals surface area contributed by atoms with Gasteiger partial charge in [0.2, 0.25) is 5.91 Å². The number of benzene rings is 2. The highest BCUT2D eigenvalue weighted by Gasteiger charge is 2.23. The average Bonchev–Trinajstić information content (AvgIpc) is 3.07. The van der Waals surface area contributed by atoms with E-state index in [0.717, 1.165) is 16.7 Å². The van der Waals surface area contributed by atoms with Crippen LogP contribution >= 0.6 is 0 Å². The van der Waals surface area contributed by atoms with Gasteiger partial charge in [-0.3, -0.25) is 4.79 Å². The van der Waals surface area contributed by atoms with Crippen LogP contribution in [-0.2, 0) is 9.53 Å². The number of esters is 1. The molecule has 1 N–H and O–H groups in total. The van der Waals surface area contributed by atoms with Crippen molar-refractivity contribution in [3.63, 3.8) is 0 Å². The highest BCUT2D eigenvalue weighted by molar-refractivity contribution is 5.97. The lowest BCUT2D eigenvalue weighted by molar-refractivity contribution is -0.119. The maximum absolute atomic E-state index is 12.1. The zero-order valence-corrected chi connectivity index (χ0v) is 13.7.